The summed E-state index contributed by atoms with van der Waals surface area (Å²) in [5.41, 5.74) is 5.81. The first-order chi connectivity index (χ1) is 15.5. The first kappa shape index (κ1) is 24.2. The van der Waals surface area contributed by atoms with E-state index in [1.165, 1.54) is 16.7 Å². The molecule has 0 saturated carbocycles. The number of aliphatic hydroxyl groups is 1. The Hall–Kier alpha value is -2.43. The zero-order chi connectivity index (χ0) is 22.9. The summed E-state index contributed by atoms with van der Waals surface area (Å²) in [6, 6.07) is 12.6. The molecular weight excluding hydrogens is 396 g/mol. The number of nitrogens with zero attached hydrogens (tertiary/aromatic N) is 2. The van der Waals surface area contributed by atoms with Crippen molar-refractivity contribution in [2.75, 3.05) is 19.6 Å². The van der Waals surface area contributed by atoms with Crippen LogP contribution in [0.5, 0.6) is 5.75 Å². The minimum atomic E-state index is -0.136. The standard InChI is InChI=1S/C28H38N2O2/c1-5-22-11-10-13-26(17-22)32-21(4)27-18-23(6-2)24(19-28(27)29-7-3)12-8-9-15-30-16-14-25(31)20-30/h7,10-11,13,17-19,25,31H,4-6,8-9,12,14-16,20H2,1-3H3/b29-7-. The highest BCUT2D eigenvalue weighted by Crippen LogP contribution is 2.32. The molecule has 2 aromatic rings. The number of unbranched alkanes of at least 4 members (excludes halogenated alkanes) is 1. The fraction of sp³-hybridized carbons (Fsp3) is 0.464. The summed E-state index contributed by atoms with van der Waals surface area (Å²) in [4.78, 5) is 7.01. The van der Waals surface area contributed by atoms with E-state index in [0.29, 0.717) is 5.76 Å². The Balaban J connectivity index is 1.71. The molecule has 1 aliphatic heterocycles. The van der Waals surface area contributed by atoms with Gasteiger partial charge in [0.25, 0.3) is 0 Å². The Morgan fingerprint density at radius 3 is 2.72 bits per heavy atom. The van der Waals surface area contributed by atoms with Gasteiger partial charge in [-0.1, -0.05) is 32.6 Å². The van der Waals surface area contributed by atoms with Crippen molar-refractivity contribution in [3.8, 4) is 5.75 Å². The highest BCUT2D eigenvalue weighted by atomic mass is 16.5. The summed E-state index contributed by atoms with van der Waals surface area (Å²) in [6.45, 7) is 13.4. The number of likely N-dealkylation sites (tertiary alicyclic amines) is 1. The van der Waals surface area contributed by atoms with Gasteiger partial charge in [-0.05, 0) is 92.9 Å². The molecule has 1 saturated heterocycles. The maximum atomic E-state index is 9.70. The predicted molar refractivity (Wildman–Crippen MR) is 135 cm³/mol. The molecule has 1 atom stereocenters. The smallest absolute Gasteiger partial charge is 0.129 e. The van der Waals surface area contributed by atoms with Gasteiger partial charge in [0.15, 0.2) is 0 Å². The van der Waals surface area contributed by atoms with Crippen LogP contribution in [0.3, 0.4) is 0 Å². The van der Waals surface area contributed by atoms with Crippen molar-refractivity contribution in [3.05, 3.63) is 65.2 Å². The minimum Gasteiger partial charge on any atom is -0.457 e. The number of rotatable bonds is 11. The van der Waals surface area contributed by atoms with Gasteiger partial charge in [0.1, 0.15) is 11.5 Å². The van der Waals surface area contributed by atoms with E-state index in [2.05, 4.69) is 54.6 Å². The molecule has 1 unspecified atom stereocenters. The fourth-order valence-electron chi connectivity index (χ4n) is 4.40. The Bertz CT molecular complexity index is 935. The van der Waals surface area contributed by atoms with E-state index in [4.69, 9.17) is 4.74 Å². The first-order valence-corrected chi connectivity index (χ1v) is 12.0. The predicted octanol–water partition coefficient (Wildman–Crippen LogP) is 5.97. The van der Waals surface area contributed by atoms with Gasteiger partial charge in [-0.15, -0.1) is 0 Å². The fourth-order valence-corrected chi connectivity index (χ4v) is 4.40. The van der Waals surface area contributed by atoms with Gasteiger partial charge in [-0.25, -0.2) is 0 Å². The molecule has 0 spiro atoms. The Labute approximate surface area is 193 Å². The average Bonchev–Trinajstić information content (AvgIpc) is 3.22. The van der Waals surface area contributed by atoms with Crippen LogP contribution >= 0.6 is 0 Å². The normalized spacial score (nSPS) is 16.7. The van der Waals surface area contributed by atoms with Crippen LogP contribution in [0.2, 0.25) is 0 Å². The molecule has 0 radical (unpaired) electrons. The molecule has 0 amide bonds. The minimum absolute atomic E-state index is 0.136. The van der Waals surface area contributed by atoms with Crippen LogP contribution in [0, 0.1) is 0 Å². The van der Waals surface area contributed by atoms with Gasteiger partial charge in [0.05, 0.1) is 11.8 Å². The summed E-state index contributed by atoms with van der Waals surface area (Å²) in [5, 5.41) is 9.70. The monoisotopic (exact) mass is 434 g/mol. The highest BCUT2D eigenvalue weighted by Gasteiger charge is 2.19. The van der Waals surface area contributed by atoms with Gasteiger partial charge in [-0.2, -0.15) is 0 Å². The van der Waals surface area contributed by atoms with E-state index in [0.717, 1.165) is 75.2 Å². The molecule has 1 aliphatic rings. The van der Waals surface area contributed by atoms with E-state index in [-0.39, 0.29) is 6.10 Å². The number of aliphatic imine (C=N–C) groups is 1. The summed E-state index contributed by atoms with van der Waals surface area (Å²) in [6.07, 6.45) is 7.87. The molecule has 0 bridgehead atoms. The number of aliphatic hydroxyl groups excluding tert-OH is 1. The summed E-state index contributed by atoms with van der Waals surface area (Å²) < 4.78 is 6.14. The summed E-state index contributed by atoms with van der Waals surface area (Å²) in [5.74, 6) is 1.45. The lowest BCUT2D eigenvalue weighted by atomic mass is 9.95. The SMILES string of the molecule is C=C(Oc1cccc(CC)c1)c1cc(CC)c(CCCCN2CCC(O)C2)cc1/N=C\C. The van der Waals surface area contributed by atoms with Gasteiger partial charge in [0, 0.05) is 24.9 Å². The zero-order valence-corrected chi connectivity index (χ0v) is 19.9. The number of hydrogen-bond donors (Lipinski definition) is 1. The Morgan fingerprint density at radius 2 is 2.03 bits per heavy atom. The second kappa shape index (κ2) is 12.0. The largest absolute Gasteiger partial charge is 0.457 e. The molecule has 32 heavy (non-hydrogen) atoms. The molecule has 4 nitrogen and oxygen atoms in total. The third-order valence-electron chi connectivity index (χ3n) is 6.23. The Morgan fingerprint density at radius 1 is 1.19 bits per heavy atom. The molecule has 3 rings (SSSR count). The second-order valence-corrected chi connectivity index (χ2v) is 8.61. The average molecular weight is 435 g/mol. The molecule has 1 fully saturated rings. The van der Waals surface area contributed by atoms with Gasteiger partial charge >= 0.3 is 0 Å². The molecule has 1 heterocycles. The van der Waals surface area contributed by atoms with Crippen molar-refractivity contribution >= 4 is 17.7 Å². The van der Waals surface area contributed by atoms with Crippen molar-refractivity contribution in [2.24, 2.45) is 4.99 Å². The Kier molecular flexibility index (Phi) is 9.07. The first-order valence-electron chi connectivity index (χ1n) is 12.0. The molecule has 2 aromatic carbocycles. The van der Waals surface area contributed by atoms with Crippen LogP contribution in [0.1, 0.15) is 62.3 Å². The molecule has 0 aromatic heterocycles. The molecule has 172 valence electrons. The second-order valence-electron chi connectivity index (χ2n) is 8.61. The van der Waals surface area contributed by atoms with Crippen molar-refractivity contribution in [2.45, 2.75) is 65.4 Å². The summed E-state index contributed by atoms with van der Waals surface area (Å²) in [7, 11) is 0. The van der Waals surface area contributed by atoms with E-state index < -0.39 is 0 Å². The highest BCUT2D eigenvalue weighted by molar-refractivity contribution is 5.75. The van der Waals surface area contributed by atoms with Crippen LogP contribution < -0.4 is 4.74 Å². The molecule has 1 N–H and O–H groups in total. The van der Waals surface area contributed by atoms with Crippen molar-refractivity contribution in [1.82, 2.24) is 4.90 Å². The van der Waals surface area contributed by atoms with Gasteiger partial charge in [0.2, 0.25) is 0 Å². The van der Waals surface area contributed by atoms with E-state index >= 15 is 0 Å². The number of aryl methyl sites for hydroxylation is 3. The number of β-amino-alcohol motifs (C(OH)–C–C–N with tert-alkyl or cyclic N) is 1. The van der Waals surface area contributed by atoms with Crippen LogP contribution in [0.4, 0.5) is 5.69 Å². The lowest BCUT2D eigenvalue weighted by molar-refractivity contribution is 0.176. The summed E-state index contributed by atoms with van der Waals surface area (Å²) >= 11 is 0. The lowest BCUT2D eigenvalue weighted by Gasteiger charge is -2.17. The van der Waals surface area contributed by atoms with Crippen molar-refractivity contribution in [1.29, 1.82) is 0 Å². The number of ether oxygens (including phenoxy) is 1. The number of hydrogen-bond acceptors (Lipinski definition) is 4. The molecule has 0 aliphatic carbocycles. The quantitative estimate of drug-likeness (QED) is 0.269. The third kappa shape index (κ3) is 6.54. The van der Waals surface area contributed by atoms with E-state index in [1.807, 2.05) is 25.3 Å². The van der Waals surface area contributed by atoms with Crippen LogP contribution in [0.25, 0.3) is 5.76 Å². The van der Waals surface area contributed by atoms with Crippen LogP contribution in [0.15, 0.2) is 48.0 Å². The van der Waals surface area contributed by atoms with Crippen molar-refractivity contribution in [3.63, 3.8) is 0 Å². The third-order valence-corrected chi connectivity index (χ3v) is 6.23. The van der Waals surface area contributed by atoms with E-state index in [1.54, 1.807) is 0 Å². The zero-order valence-electron chi connectivity index (χ0n) is 19.9. The topological polar surface area (TPSA) is 45.1 Å². The molecule has 4 heteroatoms. The van der Waals surface area contributed by atoms with Gasteiger partial charge < -0.3 is 14.7 Å². The van der Waals surface area contributed by atoms with Gasteiger partial charge in [-0.3, -0.25) is 4.99 Å². The maximum absolute atomic E-state index is 9.70. The lowest BCUT2D eigenvalue weighted by Crippen LogP contribution is -2.23. The number of benzene rings is 2. The van der Waals surface area contributed by atoms with Crippen LogP contribution in [-0.4, -0.2) is 42.0 Å². The van der Waals surface area contributed by atoms with Crippen LogP contribution in [-0.2, 0) is 19.3 Å². The van der Waals surface area contributed by atoms with E-state index in [9.17, 15) is 5.11 Å². The molecular formula is C28H38N2O2. The maximum Gasteiger partial charge on any atom is 0.129 e. The van der Waals surface area contributed by atoms with Crippen molar-refractivity contribution < 1.29 is 9.84 Å².